The minimum Gasteiger partial charge on any atom is -0.239 e. The maximum Gasteiger partial charge on any atom is 0.145 e. The van der Waals surface area contributed by atoms with Crippen molar-refractivity contribution in [3.05, 3.63) is 35.4 Å². The molecule has 0 spiro atoms. The first-order chi connectivity index (χ1) is 5.29. The quantitative estimate of drug-likeness (QED) is 0.592. The molecule has 11 heavy (non-hydrogen) atoms. The van der Waals surface area contributed by atoms with Gasteiger partial charge in [0.1, 0.15) is 10.8 Å². The van der Waals surface area contributed by atoms with Gasteiger partial charge in [-0.25, -0.2) is 8.91 Å². The fourth-order valence-electron chi connectivity index (χ4n) is 0.938. The second-order valence-corrected chi connectivity index (χ2v) is 2.52. The molecular weight excluding hydrogens is 167 g/mol. The Morgan fingerprint density at radius 3 is 3.09 bits per heavy atom. The fourth-order valence-corrected chi connectivity index (χ4v) is 1.15. The topological polar surface area (TPSA) is 17.3 Å². The number of aromatic nitrogens is 2. The summed E-state index contributed by atoms with van der Waals surface area (Å²) in [6.45, 7) is 0. The van der Waals surface area contributed by atoms with Gasteiger partial charge in [0, 0.05) is 6.20 Å². The molecule has 4 heteroatoms. The highest BCUT2D eigenvalue weighted by molar-refractivity contribution is 6.33. The van der Waals surface area contributed by atoms with E-state index in [0.717, 1.165) is 0 Å². The zero-order valence-corrected chi connectivity index (χ0v) is 6.22. The number of rotatable bonds is 0. The van der Waals surface area contributed by atoms with Crippen LogP contribution in [0.25, 0.3) is 5.52 Å². The second kappa shape index (κ2) is 2.20. The van der Waals surface area contributed by atoms with E-state index >= 15 is 0 Å². The van der Waals surface area contributed by atoms with Gasteiger partial charge in [-0.15, -0.1) is 0 Å². The van der Waals surface area contributed by atoms with Crippen molar-refractivity contribution in [2.24, 2.45) is 0 Å². The van der Waals surface area contributed by atoms with E-state index in [1.54, 1.807) is 12.3 Å². The maximum absolute atomic E-state index is 12.8. The van der Waals surface area contributed by atoms with Gasteiger partial charge in [-0.1, -0.05) is 11.6 Å². The first-order valence-corrected chi connectivity index (χ1v) is 3.44. The van der Waals surface area contributed by atoms with Gasteiger partial charge < -0.3 is 0 Å². The lowest BCUT2D eigenvalue weighted by Gasteiger charge is -1.95. The van der Waals surface area contributed by atoms with Crippen LogP contribution in [-0.4, -0.2) is 9.61 Å². The number of pyridine rings is 1. The molecule has 2 heterocycles. The normalized spacial score (nSPS) is 10.7. The van der Waals surface area contributed by atoms with Gasteiger partial charge in [0.25, 0.3) is 0 Å². The minimum atomic E-state index is -0.417. The van der Waals surface area contributed by atoms with Crippen molar-refractivity contribution in [2.75, 3.05) is 0 Å². The molecule has 0 N–H and O–H groups in total. The molecule has 56 valence electrons. The molecule has 2 nitrogen and oxygen atoms in total. The zero-order valence-electron chi connectivity index (χ0n) is 5.46. The number of halogens is 2. The van der Waals surface area contributed by atoms with Gasteiger partial charge >= 0.3 is 0 Å². The van der Waals surface area contributed by atoms with Gasteiger partial charge in [-0.2, -0.15) is 5.10 Å². The van der Waals surface area contributed by atoms with Gasteiger partial charge in [0.05, 0.1) is 11.7 Å². The van der Waals surface area contributed by atoms with Crippen molar-refractivity contribution in [3.8, 4) is 0 Å². The Balaban J connectivity index is 2.93. The van der Waals surface area contributed by atoms with E-state index in [-0.39, 0.29) is 5.02 Å². The molecule has 0 bridgehead atoms. The van der Waals surface area contributed by atoms with Crippen LogP contribution in [0, 0.1) is 5.82 Å². The van der Waals surface area contributed by atoms with Crippen molar-refractivity contribution in [3.63, 3.8) is 0 Å². The molecule has 0 aliphatic rings. The highest BCUT2D eigenvalue weighted by Crippen LogP contribution is 2.19. The smallest absolute Gasteiger partial charge is 0.145 e. The fraction of sp³-hybridized carbons (Fsp3) is 0. The molecule has 2 aromatic rings. The van der Waals surface area contributed by atoms with E-state index < -0.39 is 5.82 Å². The summed E-state index contributed by atoms with van der Waals surface area (Å²) >= 11 is 5.63. The summed E-state index contributed by atoms with van der Waals surface area (Å²) in [5.41, 5.74) is 0.590. The van der Waals surface area contributed by atoms with E-state index in [2.05, 4.69) is 5.10 Å². The predicted molar refractivity (Wildman–Crippen MR) is 40.2 cm³/mol. The minimum absolute atomic E-state index is 0.116. The Kier molecular flexibility index (Phi) is 1.32. The molecule has 0 saturated carbocycles. The van der Waals surface area contributed by atoms with Crippen LogP contribution >= 0.6 is 11.6 Å². The van der Waals surface area contributed by atoms with Crippen molar-refractivity contribution in [2.45, 2.75) is 0 Å². The third-order valence-electron chi connectivity index (χ3n) is 1.47. The Morgan fingerprint density at radius 2 is 2.27 bits per heavy atom. The molecule has 2 rings (SSSR count). The standard InChI is InChI=1S/C7H4ClFN2/c8-7-5(9)2-4-11-6(7)1-3-10-11/h1-4H. The van der Waals surface area contributed by atoms with Crippen molar-refractivity contribution >= 4 is 17.1 Å². The summed E-state index contributed by atoms with van der Waals surface area (Å²) in [7, 11) is 0. The summed E-state index contributed by atoms with van der Waals surface area (Å²) in [4.78, 5) is 0. The molecule has 0 aliphatic heterocycles. The Labute approximate surface area is 67.2 Å². The second-order valence-electron chi connectivity index (χ2n) is 2.14. The molecular formula is C7H4ClFN2. The van der Waals surface area contributed by atoms with Crippen LogP contribution in [0.1, 0.15) is 0 Å². The van der Waals surface area contributed by atoms with Gasteiger partial charge in [0.2, 0.25) is 0 Å². The molecule has 0 saturated heterocycles. The van der Waals surface area contributed by atoms with Gasteiger partial charge in [0.15, 0.2) is 0 Å². The van der Waals surface area contributed by atoms with Gasteiger partial charge in [-0.3, -0.25) is 0 Å². The summed E-state index contributed by atoms with van der Waals surface area (Å²) in [5.74, 6) is -0.417. The van der Waals surface area contributed by atoms with Crippen molar-refractivity contribution in [1.29, 1.82) is 0 Å². The third-order valence-corrected chi connectivity index (χ3v) is 1.84. The summed E-state index contributed by atoms with van der Waals surface area (Å²) in [6.07, 6.45) is 3.09. The van der Waals surface area contributed by atoms with Gasteiger partial charge in [-0.05, 0) is 12.1 Å². The number of fused-ring (bicyclic) bond motifs is 1. The predicted octanol–water partition coefficient (Wildman–Crippen LogP) is 2.13. The third kappa shape index (κ3) is 0.886. The lowest BCUT2D eigenvalue weighted by Crippen LogP contribution is -1.88. The van der Waals surface area contributed by atoms with E-state index in [0.29, 0.717) is 5.52 Å². The Hall–Kier alpha value is -1.09. The maximum atomic E-state index is 12.8. The van der Waals surface area contributed by atoms with Crippen LogP contribution in [0.5, 0.6) is 0 Å². The lowest BCUT2D eigenvalue weighted by molar-refractivity contribution is 0.626. The lowest BCUT2D eigenvalue weighted by atomic mass is 10.4. The molecule has 0 atom stereocenters. The van der Waals surface area contributed by atoms with E-state index in [9.17, 15) is 4.39 Å². The Morgan fingerprint density at radius 1 is 1.45 bits per heavy atom. The molecule has 0 unspecified atom stereocenters. The average Bonchev–Trinajstić information content (AvgIpc) is 2.45. The molecule has 0 aromatic carbocycles. The molecule has 0 aliphatic carbocycles. The number of hydrogen-bond donors (Lipinski definition) is 0. The average molecular weight is 171 g/mol. The number of nitrogens with zero attached hydrogens (tertiary/aromatic N) is 2. The highest BCUT2D eigenvalue weighted by atomic mass is 35.5. The largest absolute Gasteiger partial charge is 0.239 e. The van der Waals surface area contributed by atoms with Crippen molar-refractivity contribution < 1.29 is 4.39 Å². The highest BCUT2D eigenvalue weighted by Gasteiger charge is 2.03. The van der Waals surface area contributed by atoms with Crippen LogP contribution < -0.4 is 0 Å². The van der Waals surface area contributed by atoms with Crippen LogP contribution in [0.2, 0.25) is 5.02 Å². The first-order valence-electron chi connectivity index (χ1n) is 3.06. The van der Waals surface area contributed by atoms with E-state index in [1.807, 2.05) is 0 Å². The van der Waals surface area contributed by atoms with Crippen LogP contribution in [0.4, 0.5) is 4.39 Å². The number of hydrogen-bond acceptors (Lipinski definition) is 1. The zero-order chi connectivity index (χ0) is 7.84. The van der Waals surface area contributed by atoms with Crippen LogP contribution in [0.3, 0.4) is 0 Å². The molecule has 0 amide bonds. The van der Waals surface area contributed by atoms with Crippen molar-refractivity contribution in [1.82, 2.24) is 9.61 Å². The van der Waals surface area contributed by atoms with E-state index in [1.165, 1.54) is 16.8 Å². The Bertz CT molecular complexity index is 396. The van der Waals surface area contributed by atoms with Crippen LogP contribution in [0.15, 0.2) is 24.5 Å². The molecule has 0 radical (unpaired) electrons. The molecule has 2 aromatic heterocycles. The van der Waals surface area contributed by atoms with E-state index in [4.69, 9.17) is 11.6 Å². The summed E-state index contributed by atoms with van der Waals surface area (Å²) in [5, 5.41) is 4.00. The summed E-state index contributed by atoms with van der Waals surface area (Å²) < 4.78 is 14.3. The SMILES string of the molecule is Fc1ccn2nccc2c1Cl. The monoisotopic (exact) mass is 170 g/mol. The molecule has 0 fully saturated rings. The summed E-state index contributed by atoms with van der Waals surface area (Å²) in [6, 6.07) is 2.94. The van der Waals surface area contributed by atoms with Crippen LogP contribution in [-0.2, 0) is 0 Å². The first kappa shape index (κ1) is 6.61.